The molecule has 0 aliphatic rings. The third-order valence-corrected chi connectivity index (χ3v) is 3.30. The average molecular weight is 263 g/mol. The first-order valence-corrected chi connectivity index (χ1v) is 6.76. The maximum absolute atomic E-state index is 11.6. The Morgan fingerprint density at radius 2 is 1.79 bits per heavy atom. The van der Waals surface area contributed by atoms with E-state index in [1.165, 1.54) is 5.56 Å². The topological polar surface area (TPSA) is 58.4 Å². The van der Waals surface area contributed by atoms with Gasteiger partial charge in [-0.3, -0.25) is 10.2 Å². The quantitative estimate of drug-likeness (QED) is 0.773. The molecule has 4 nitrogen and oxygen atoms in total. The van der Waals surface area contributed by atoms with Crippen LogP contribution in [0.1, 0.15) is 49.8 Å². The SMILES string of the molecule is CCC(C)c1ccc(C(N)CC(=O)NN(C)C)cc1. The van der Waals surface area contributed by atoms with Crippen molar-refractivity contribution in [1.29, 1.82) is 0 Å². The van der Waals surface area contributed by atoms with Crippen LogP contribution in [-0.4, -0.2) is 25.0 Å². The van der Waals surface area contributed by atoms with Gasteiger partial charge in [-0.25, -0.2) is 5.01 Å². The number of benzene rings is 1. The van der Waals surface area contributed by atoms with E-state index in [-0.39, 0.29) is 11.9 Å². The largest absolute Gasteiger partial charge is 0.324 e. The number of hydrazine groups is 1. The molecule has 0 saturated heterocycles. The van der Waals surface area contributed by atoms with Gasteiger partial charge in [0.25, 0.3) is 0 Å². The Bertz CT molecular complexity index is 400. The summed E-state index contributed by atoms with van der Waals surface area (Å²) in [5.74, 6) is 0.491. The zero-order valence-corrected chi connectivity index (χ0v) is 12.3. The van der Waals surface area contributed by atoms with Crippen molar-refractivity contribution in [2.45, 2.75) is 38.6 Å². The number of hydrogen-bond acceptors (Lipinski definition) is 3. The molecule has 0 fully saturated rings. The lowest BCUT2D eigenvalue weighted by Gasteiger charge is -2.16. The van der Waals surface area contributed by atoms with Gasteiger partial charge in [-0.1, -0.05) is 38.1 Å². The Labute approximate surface area is 115 Å². The van der Waals surface area contributed by atoms with Crippen molar-refractivity contribution in [2.75, 3.05) is 14.1 Å². The molecule has 1 rings (SSSR count). The summed E-state index contributed by atoms with van der Waals surface area (Å²) in [5.41, 5.74) is 11.1. The number of nitrogens with two attached hydrogens (primary N) is 1. The number of carbonyl (C=O) groups is 1. The Morgan fingerprint density at radius 3 is 2.26 bits per heavy atom. The summed E-state index contributed by atoms with van der Waals surface area (Å²) in [6.07, 6.45) is 1.41. The van der Waals surface area contributed by atoms with E-state index in [2.05, 4.69) is 31.4 Å². The van der Waals surface area contributed by atoms with Gasteiger partial charge in [0.15, 0.2) is 0 Å². The molecule has 0 spiro atoms. The van der Waals surface area contributed by atoms with Gasteiger partial charge in [0.05, 0.1) is 0 Å². The lowest BCUT2D eigenvalue weighted by Crippen LogP contribution is -2.37. The van der Waals surface area contributed by atoms with Crippen molar-refractivity contribution in [2.24, 2.45) is 5.73 Å². The van der Waals surface area contributed by atoms with E-state index < -0.39 is 0 Å². The van der Waals surface area contributed by atoms with E-state index in [0.29, 0.717) is 12.3 Å². The zero-order chi connectivity index (χ0) is 14.4. The number of rotatable bonds is 6. The van der Waals surface area contributed by atoms with Crippen molar-refractivity contribution in [3.8, 4) is 0 Å². The molecule has 2 unspecified atom stereocenters. The number of nitrogens with zero attached hydrogens (tertiary/aromatic N) is 1. The zero-order valence-electron chi connectivity index (χ0n) is 12.3. The molecule has 3 N–H and O–H groups in total. The predicted molar refractivity (Wildman–Crippen MR) is 78.5 cm³/mol. The third-order valence-electron chi connectivity index (χ3n) is 3.30. The molecule has 0 aliphatic heterocycles. The number of hydrogen-bond donors (Lipinski definition) is 2. The summed E-state index contributed by atoms with van der Waals surface area (Å²) in [6.45, 7) is 4.38. The third kappa shape index (κ3) is 5.01. The minimum absolute atomic E-state index is 0.0662. The summed E-state index contributed by atoms with van der Waals surface area (Å²) in [4.78, 5) is 11.6. The van der Waals surface area contributed by atoms with E-state index >= 15 is 0 Å². The fourth-order valence-electron chi connectivity index (χ4n) is 1.92. The standard InChI is InChI=1S/C15H25N3O/c1-5-11(2)12-6-8-13(9-7-12)14(16)10-15(19)17-18(3)4/h6-9,11,14H,5,10,16H2,1-4H3,(H,17,19). The van der Waals surface area contributed by atoms with Gasteiger partial charge in [0, 0.05) is 26.6 Å². The van der Waals surface area contributed by atoms with Crippen LogP contribution >= 0.6 is 0 Å². The van der Waals surface area contributed by atoms with E-state index in [4.69, 9.17) is 5.73 Å². The highest BCUT2D eigenvalue weighted by Gasteiger charge is 2.12. The second-order valence-corrected chi connectivity index (χ2v) is 5.22. The van der Waals surface area contributed by atoms with Crippen LogP contribution in [0.2, 0.25) is 0 Å². The van der Waals surface area contributed by atoms with Gasteiger partial charge in [0.2, 0.25) is 5.91 Å². The van der Waals surface area contributed by atoms with Crippen molar-refractivity contribution >= 4 is 5.91 Å². The summed E-state index contributed by atoms with van der Waals surface area (Å²) in [7, 11) is 3.56. The maximum Gasteiger partial charge on any atom is 0.236 e. The summed E-state index contributed by atoms with van der Waals surface area (Å²) in [6, 6.07) is 8.00. The maximum atomic E-state index is 11.6. The van der Waals surface area contributed by atoms with E-state index in [9.17, 15) is 4.79 Å². The number of amides is 1. The molecule has 1 amide bonds. The molecule has 0 bridgehead atoms. The predicted octanol–water partition coefficient (Wildman–Crippen LogP) is 2.18. The molecule has 2 atom stereocenters. The lowest BCUT2D eigenvalue weighted by molar-refractivity contribution is -0.125. The van der Waals surface area contributed by atoms with Crippen LogP contribution < -0.4 is 11.2 Å². The fraction of sp³-hybridized carbons (Fsp3) is 0.533. The van der Waals surface area contributed by atoms with E-state index in [1.807, 2.05) is 12.1 Å². The first kappa shape index (κ1) is 15.7. The fourth-order valence-corrected chi connectivity index (χ4v) is 1.92. The smallest absolute Gasteiger partial charge is 0.236 e. The number of nitrogens with one attached hydrogen (secondary N) is 1. The van der Waals surface area contributed by atoms with Crippen molar-refractivity contribution in [3.05, 3.63) is 35.4 Å². The summed E-state index contributed by atoms with van der Waals surface area (Å²) < 4.78 is 0. The van der Waals surface area contributed by atoms with Crippen LogP contribution in [0.4, 0.5) is 0 Å². The molecule has 19 heavy (non-hydrogen) atoms. The monoisotopic (exact) mass is 263 g/mol. The summed E-state index contributed by atoms with van der Waals surface area (Å²) >= 11 is 0. The Kier molecular flexibility index (Phi) is 5.99. The normalized spacial score (nSPS) is 14.2. The molecule has 0 heterocycles. The van der Waals surface area contributed by atoms with Crippen molar-refractivity contribution in [3.63, 3.8) is 0 Å². The molecule has 0 aliphatic carbocycles. The minimum atomic E-state index is -0.258. The molecule has 0 saturated carbocycles. The molecule has 4 heteroatoms. The van der Waals surface area contributed by atoms with E-state index in [1.54, 1.807) is 19.1 Å². The molecule has 1 aromatic carbocycles. The Hall–Kier alpha value is -1.39. The Morgan fingerprint density at radius 1 is 1.26 bits per heavy atom. The second kappa shape index (κ2) is 7.26. The average Bonchev–Trinajstić information content (AvgIpc) is 2.36. The van der Waals surface area contributed by atoms with Gasteiger partial charge >= 0.3 is 0 Å². The second-order valence-electron chi connectivity index (χ2n) is 5.22. The van der Waals surface area contributed by atoms with Crippen LogP contribution in [0.3, 0.4) is 0 Å². The van der Waals surface area contributed by atoms with Crippen LogP contribution in [0.25, 0.3) is 0 Å². The highest BCUT2D eigenvalue weighted by atomic mass is 16.2. The van der Waals surface area contributed by atoms with Crippen molar-refractivity contribution < 1.29 is 4.79 Å². The first-order valence-electron chi connectivity index (χ1n) is 6.76. The molecule has 1 aromatic rings. The van der Waals surface area contributed by atoms with Gasteiger partial charge in [-0.2, -0.15) is 0 Å². The van der Waals surface area contributed by atoms with Crippen molar-refractivity contribution in [1.82, 2.24) is 10.4 Å². The molecule has 106 valence electrons. The van der Waals surface area contributed by atoms with Crippen LogP contribution in [0, 0.1) is 0 Å². The van der Waals surface area contributed by atoms with Gasteiger partial charge in [-0.15, -0.1) is 0 Å². The lowest BCUT2D eigenvalue weighted by atomic mass is 9.95. The van der Waals surface area contributed by atoms with Gasteiger partial charge in [-0.05, 0) is 23.5 Å². The first-order chi connectivity index (χ1) is 8.93. The van der Waals surface area contributed by atoms with Gasteiger partial charge in [0.1, 0.15) is 0 Å². The molecular formula is C15H25N3O. The summed E-state index contributed by atoms with van der Waals surface area (Å²) in [5, 5.41) is 1.63. The molecule has 0 radical (unpaired) electrons. The van der Waals surface area contributed by atoms with Crippen LogP contribution in [0.5, 0.6) is 0 Å². The van der Waals surface area contributed by atoms with Crippen LogP contribution in [0.15, 0.2) is 24.3 Å². The molecule has 0 aromatic heterocycles. The van der Waals surface area contributed by atoms with Crippen LogP contribution in [-0.2, 0) is 4.79 Å². The van der Waals surface area contributed by atoms with E-state index in [0.717, 1.165) is 12.0 Å². The molecular weight excluding hydrogens is 238 g/mol. The number of carbonyl (C=O) groups excluding carboxylic acids is 1. The van der Waals surface area contributed by atoms with Gasteiger partial charge < -0.3 is 5.73 Å². The highest BCUT2D eigenvalue weighted by molar-refractivity contribution is 5.76. The highest BCUT2D eigenvalue weighted by Crippen LogP contribution is 2.21. The minimum Gasteiger partial charge on any atom is -0.324 e. The Balaban J connectivity index is 2.62.